The minimum Gasteiger partial charge on any atom is -0.493 e. The van der Waals surface area contributed by atoms with Crippen LogP contribution in [0, 0.1) is 13.8 Å². The molecule has 3 aromatic rings. The molecule has 0 radical (unpaired) electrons. The van der Waals surface area contributed by atoms with Gasteiger partial charge in [-0.2, -0.15) is 18.3 Å². The van der Waals surface area contributed by atoms with Crippen LogP contribution in [0.3, 0.4) is 0 Å². The number of ether oxygens (including phenoxy) is 2. The number of hydrogen-bond acceptors (Lipinski definition) is 5. The van der Waals surface area contributed by atoms with Crippen molar-refractivity contribution in [2.24, 2.45) is 0 Å². The Kier molecular flexibility index (Phi) is 6.24. The third kappa shape index (κ3) is 4.58. The summed E-state index contributed by atoms with van der Waals surface area (Å²) in [4.78, 5) is 25.3. The van der Waals surface area contributed by atoms with E-state index < -0.39 is 28.8 Å². The molecule has 1 heterocycles. The molecule has 0 bridgehead atoms. The summed E-state index contributed by atoms with van der Waals surface area (Å²) in [7, 11) is 2.91. The number of nitrogens with zero attached hydrogens (tertiary/aromatic N) is 2. The number of aryl methyl sites for hydroxylation is 2. The van der Waals surface area contributed by atoms with E-state index in [4.69, 9.17) is 9.47 Å². The predicted molar refractivity (Wildman–Crippen MR) is 112 cm³/mol. The van der Waals surface area contributed by atoms with E-state index in [1.165, 1.54) is 39.3 Å². The maximum atomic E-state index is 13.1. The first-order chi connectivity index (χ1) is 15.0. The molecule has 0 atom stereocenters. The molecule has 1 aromatic heterocycles. The molecule has 3 rings (SSSR count). The molecule has 32 heavy (non-hydrogen) atoms. The van der Waals surface area contributed by atoms with E-state index in [1.807, 2.05) is 0 Å². The van der Waals surface area contributed by atoms with Crippen molar-refractivity contribution >= 4 is 11.6 Å². The van der Waals surface area contributed by atoms with Crippen molar-refractivity contribution in [2.75, 3.05) is 19.5 Å². The number of hydrogen-bond donors (Lipinski definition) is 1. The van der Waals surface area contributed by atoms with E-state index in [0.717, 1.165) is 22.9 Å². The van der Waals surface area contributed by atoms with Crippen LogP contribution in [0.15, 0.2) is 47.3 Å². The van der Waals surface area contributed by atoms with Gasteiger partial charge in [-0.3, -0.25) is 9.59 Å². The summed E-state index contributed by atoms with van der Waals surface area (Å²) >= 11 is 0. The first-order valence-electron chi connectivity index (χ1n) is 9.37. The highest BCUT2D eigenvalue weighted by Gasteiger charge is 2.30. The summed E-state index contributed by atoms with van der Waals surface area (Å²) in [6.07, 6.45) is -4.55. The number of anilines is 1. The maximum absolute atomic E-state index is 13.1. The first-order valence-corrected chi connectivity index (χ1v) is 9.37. The lowest BCUT2D eigenvalue weighted by molar-refractivity contribution is -0.137. The molecule has 0 aliphatic carbocycles. The number of benzene rings is 2. The van der Waals surface area contributed by atoms with Crippen molar-refractivity contribution in [1.82, 2.24) is 9.78 Å². The van der Waals surface area contributed by atoms with Crippen LogP contribution in [0.1, 0.15) is 27.3 Å². The number of rotatable bonds is 5. The topological polar surface area (TPSA) is 82.5 Å². The van der Waals surface area contributed by atoms with Crippen LogP contribution in [0.4, 0.5) is 18.9 Å². The average Bonchev–Trinajstić information content (AvgIpc) is 2.74. The van der Waals surface area contributed by atoms with E-state index in [9.17, 15) is 22.8 Å². The van der Waals surface area contributed by atoms with E-state index in [2.05, 4.69) is 10.4 Å². The molecule has 1 amide bonds. The van der Waals surface area contributed by atoms with E-state index in [-0.39, 0.29) is 11.4 Å². The molecular formula is C22H20F3N3O4. The van der Waals surface area contributed by atoms with Crippen molar-refractivity contribution in [3.8, 4) is 17.2 Å². The molecule has 0 aliphatic heterocycles. The van der Waals surface area contributed by atoms with Gasteiger partial charge in [0.05, 0.1) is 25.5 Å². The first kappa shape index (κ1) is 22.9. The molecule has 0 saturated carbocycles. The van der Waals surface area contributed by atoms with Gasteiger partial charge in [-0.15, -0.1) is 0 Å². The minimum atomic E-state index is -4.55. The van der Waals surface area contributed by atoms with Gasteiger partial charge in [-0.05, 0) is 43.7 Å². The molecule has 0 fully saturated rings. The SMILES string of the molecule is COc1cc(C)c(NC(=O)c2nn(-c3cccc(C(F)(F)F)c3)c(C)cc2=O)cc1OC. The second kappa shape index (κ2) is 8.74. The highest BCUT2D eigenvalue weighted by atomic mass is 19.4. The van der Waals surface area contributed by atoms with Gasteiger partial charge in [0, 0.05) is 23.5 Å². The fraction of sp³-hybridized carbons (Fsp3) is 0.227. The van der Waals surface area contributed by atoms with Crippen molar-refractivity contribution < 1.29 is 27.4 Å². The monoisotopic (exact) mass is 447 g/mol. The number of methoxy groups -OCH3 is 2. The second-order valence-electron chi connectivity index (χ2n) is 6.93. The predicted octanol–water partition coefficient (Wildman–Crippen LogP) is 4.14. The number of carbonyl (C=O) groups is 1. The third-order valence-electron chi connectivity index (χ3n) is 4.72. The number of halogens is 3. The van der Waals surface area contributed by atoms with E-state index in [1.54, 1.807) is 13.0 Å². The molecule has 0 aliphatic rings. The van der Waals surface area contributed by atoms with Gasteiger partial charge < -0.3 is 14.8 Å². The second-order valence-corrected chi connectivity index (χ2v) is 6.93. The van der Waals surface area contributed by atoms with Crippen LogP contribution in [0.25, 0.3) is 5.69 Å². The molecule has 1 N–H and O–H groups in total. The third-order valence-corrected chi connectivity index (χ3v) is 4.72. The molecule has 168 valence electrons. The summed E-state index contributed by atoms with van der Waals surface area (Å²) in [5.74, 6) is 0.0149. The summed E-state index contributed by atoms with van der Waals surface area (Å²) in [6.45, 7) is 3.23. The zero-order valence-electron chi connectivity index (χ0n) is 17.7. The maximum Gasteiger partial charge on any atom is 0.416 e. The van der Waals surface area contributed by atoms with Gasteiger partial charge in [-0.1, -0.05) is 6.07 Å². The van der Waals surface area contributed by atoms with Gasteiger partial charge in [0.2, 0.25) is 5.43 Å². The Morgan fingerprint density at radius 3 is 2.31 bits per heavy atom. The Balaban J connectivity index is 2.02. The van der Waals surface area contributed by atoms with Crippen molar-refractivity contribution in [2.45, 2.75) is 20.0 Å². The number of carbonyl (C=O) groups excluding carboxylic acids is 1. The fourth-order valence-corrected chi connectivity index (χ4v) is 3.08. The van der Waals surface area contributed by atoms with Crippen LogP contribution in [0.2, 0.25) is 0 Å². The highest BCUT2D eigenvalue weighted by molar-refractivity contribution is 6.03. The summed E-state index contributed by atoms with van der Waals surface area (Å²) in [5, 5.41) is 6.63. The van der Waals surface area contributed by atoms with Crippen LogP contribution in [-0.4, -0.2) is 29.9 Å². The molecular weight excluding hydrogens is 427 g/mol. The Morgan fingerprint density at radius 2 is 1.69 bits per heavy atom. The van der Waals surface area contributed by atoms with E-state index >= 15 is 0 Å². The van der Waals surface area contributed by atoms with Gasteiger partial charge >= 0.3 is 6.18 Å². The zero-order valence-corrected chi connectivity index (χ0v) is 17.7. The normalized spacial score (nSPS) is 11.2. The lowest BCUT2D eigenvalue weighted by Crippen LogP contribution is -2.27. The Morgan fingerprint density at radius 1 is 1.03 bits per heavy atom. The molecule has 0 spiro atoms. The Hall–Kier alpha value is -3.82. The Labute approximate surface area is 181 Å². The van der Waals surface area contributed by atoms with E-state index in [0.29, 0.717) is 22.7 Å². The van der Waals surface area contributed by atoms with Crippen LogP contribution in [0.5, 0.6) is 11.5 Å². The number of amides is 1. The average molecular weight is 447 g/mol. The standard InChI is InChI=1S/C22H20F3N3O4/c1-12-8-18(31-3)19(32-4)11-16(12)26-21(30)20-17(29)9-13(2)28(27-20)15-7-5-6-14(10-15)22(23,24)25/h5-11H,1-4H3,(H,26,30). The largest absolute Gasteiger partial charge is 0.493 e. The van der Waals surface area contributed by atoms with Gasteiger partial charge in [0.1, 0.15) is 0 Å². The molecule has 7 nitrogen and oxygen atoms in total. The van der Waals surface area contributed by atoms with Crippen molar-refractivity contribution in [3.63, 3.8) is 0 Å². The van der Waals surface area contributed by atoms with Crippen molar-refractivity contribution in [1.29, 1.82) is 0 Å². The van der Waals surface area contributed by atoms with Crippen LogP contribution >= 0.6 is 0 Å². The molecule has 0 saturated heterocycles. The minimum absolute atomic E-state index is 0.0636. The Bertz CT molecular complexity index is 1240. The fourth-order valence-electron chi connectivity index (χ4n) is 3.08. The zero-order chi connectivity index (χ0) is 23.6. The summed E-state index contributed by atoms with van der Waals surface area (Å²) in [5.41, 5.74) is -0.673. The molecule has 0 unspecified atom stereocenters. The number of alkyl halides is 3. The smallest absolute Gasteiger partial charge is 0.416 e. The van der Waals surface area contributed by atoms with Gasteiger partial charge in [-0.25, -0.2) is 4.68 Å². The summed E-state index contributed by atoms with van der Waals surface area (Å²) < 4.78 is 50.8. The van der Waals surface area contributed by atoms with Crippen molar-refractivity contribution in [3.05, 3.63) is 75.2 Å². The molecule has 2 aromatic carbocycles. The van der Waals surface area contributed by atoms with Gasteiger partial charge in [0.25, 0.3) is 5.91 Å². The number of aromatic nitrogens is 2. The quantitative estimate of drug-likeness (QED) is 0.636. The number of nitrogens with one attached hydrogen (secondary N) is 1. The highest BCUT2D eigenvalue weighted by Crippen LogP contribution is 2.33. The lowest BCUT2D eigenvalue weighted by atomic mass is 10.1. The van der Waals surface area contributed by atoms with Crippen LogP contribution in [-0.2, 0) is 6.18 Å². The van der Waals surface area contributed by atoms with Gasteiger partial charge in [0.15, 0.2) is 17.2 Å². The lowest BCUT2D eigenvalue weighted by Gasteiger charge is -2.15. The van der Waals surface area contributed by atoms with Crippen LogP contribution < -0.4 is 20.2 Å². The summed E-state index contributed by atoms with van der Waals surface area (Å²) in [6, 6.07) is 8.77. The molecule has 10 heteroatoms.